The Morgan fingerprint density at radius 3 is 1.83 bits per heavy atom. The van der Waals surface area contributed by atoms with Crippen molar-refractivity contribution < 1.29 is 4.74 Å². The van der Waals surface area contributed by atoms with E-state index in [4.69, 9.17) is 4.74 Å². The molecule has 10 aromatic rings. The van der Waals surface area contributed by atoms with Crippen molar-refractivity contribution in [1.82, 2.24) is 4.57 Å². The molecule has 2 heterocycles. The molecule has 0 saturated carbocycles. The first kappa shape index (κ1) is 32.6. The molecular formula is C55H36N2O. The SMILES string of the molecule is c1ccc(-c2ccc3c(c2)C2(c4ccccc4O3)c3ccccc3-c3cc(N(c4ccccc4)c4ccc5c6ccccc6n(-c6ccccc6)c5c4)ccc32)cc1. The summed E-state index contributed by atoms with van der Waals surface area (Å²) in [5.41, 5.74) is 15.9. The Labute approximate surface area is 337 Å². The zero-order valence-corrected chi connectivity index (χ0v) is 31.6. The molecular weight excluding hydrogens is 705 g/mol. The van der Waals surface area contributed by atoms with Gasteiger partial charge >= 0.3 is 0 Å². The number of anilines is 3. The topological polar surface area (TPSA) is 17.4 Å². The molecule has 0 radical (unpaired) electrons. The highest BCUT2D eigenvalue weighted by Gasteiger charge is 2.51. The van der Waals surface area contributed by atoms with Crippen LogP contribution in [0.3, 0.4) is 0 Å². The van der Waals surface area contributed by atoms with Crippen LogP contribution >= 0.6 is 0 Å². The van der Waals surface area contributed by atoms with Gasteiger partial charge in [0.25, 0.3) is 0 Å². The number of ether oxygens (including phenoxy) is 1. The molecule has 12 rings (SSSR count). The van der Waals surface area contributed by atoms with Crippen molar-refractivity contribution in [3.05, 3.63) is 241 Å². The summed E-state index contributed by atoms with van der Waals surface area (Å²) in [6.45, 7) is 0. The number of hydrogen-bond acceptors (Lipinski definition) is 2. The van der Waals surface area contributed by atoms with Gasteiger partial charge < -0.3 is 14.2 Å². The minimum Gasteiger partial charge on any atom is -0.457 e. The Morgan fingerprint density at radius 1 is 0.362 bits per heavy atom. The summed E-state index contributed by atoms with van der Waals surface area (Å²) < 4.78 is 9.14. The van der Waals surface area contributed by atoms with E-state index < -0.39 is 5.41 Å². The predicted octanol–water partition coefficient (Wildman–Crippen LogP) is 14.4. The van der Waals surface area contributed by atoms with Gasteiger partial charge in [-0.25, -0.2) is 0 Å². The van der Waals surface area contributed by atoms with Crippen LogP contribution in [-0.4, -0.2) is 4.57 Å². The maximum absolute atomic E-state index is 6.75. The number of benzene rings is 9. The average molecular weight is 741 g/mol. The highest BCUT2D eigenvalue weighted by Crippen LogP contribution is 2.63. The summed E-state index contributed by atoms with van der Waals surface area (Å²) in [7, 11) is 0. The normalized spacial score (nSPS) is 14.8. The van der Waals surface area contributed by atoms with Crippen molar-refractivity contribution in [2.45, 2.75) is 5.41 Å². The van der Waals surface area contributed by atoms with Crippen molar-refractivity contribution in [1.29, 1.82) is 0 Å². The summed E-state index contributed by atoms with van der Waals surface area (Å²) in [5, 5.41) is 2.47. The molecule has 1 aliphatic carbocycles. The van der Waals surface area contributed by atoms with Crippen LogP contribution in [0, 0.1) is 0 Å². The van der Waals surface area contributed by atoms with E-state index in [9.17, 15) is 0 Å². The lowest BCUT2D eigenvalue weighted by Gasteiger charge is -2.39. The minimum atomic E-state index is -0.577. The highest BCUT2D eigenvalue weighted by atomic mass is 16.5. The van der Waals surface area contributed by atoms with Gasteiger partial charge in [-0.05, 0) is 106 Å². The van der Waals surface area contributed by atoms with E-state index in [1.165, 1.54) is 55.2 Å². The Morgan fingerprint density at radius 2 is 0.983 bits per heavy atom. The molecule has 1 unspecified atom stereocenters. The molecule has 3 nitrogen and oxygen atoms in total. The summed E-state index contributed by atoms with van der Waals surface area (Å²) in [4.78, 5) is 2.40. The molecule has 0 fully saturated rings. The lowest BCUT2D eigenvalue weighted by molar-refractivity contribution is 0.436. The quantitative estimate of drug-likeness (QED) is 0.175. The first-order valence-corrected chi connectivity index (χ1v) is 19.9. The Hall–Kier alpha value is -7.62. The fraction of sp³-hybridized carbons (Fsp3) is 0.0182. The van der Waals surface area contributed by atoms with Gasteiger partial charge in [-0.3, -0.25) is 0 Å². The van der Waals surface area contributed by atoms with E-state index in [1.807, 2.05) is 0 Å². The largest absolute Gasteiger partial charge is 0.457 e. The molecule has 3 heteroatoms. The molecule has 1 spiro atoms. The summed E-state index contributed by atoms with van der Waals surface area (Å²) in [5.74, 6) is 1.78. The maximum Gasteiger partial charge on any atom is 0.132 e. The van der Waals surface area contributed by atoms with Gasteiger partial charge in [-0.15, -0.1) is 0 Å². The second-order valence-corrected chi connectivity index (χ2v) is 15.3. The van der Waals surface area contributed by atoms with Gasteiger partial charge in [0.2, 0.25) is 0 Å². The molecule has 1 atom stereocenters. The van der Waals surface area contributed by atoms with E-state index >= 15 is 0 Å². The lowest BCUT2D eigenvalue weighted by atomic mass is 9.65. The van der Waals surface area contributed by atoms with Crippen LogP contribution in [0.15, 0.2) is 218 Å². The monoisotopic (exact) mass is 740 g/mol. The minimum absolute atomic E-state index is 0.577. The third kappa shape index (κ3) is 4.68. The highest BCUT2D eigenvalue weighted by molar-refractivity contribution is 6.10. The van der Waals surface area contributed by atoms with E-state index in [-0.39, 0.29) is 0 Å². The standard InChI is InChI=1S/C55H36N2O/c1-4-16-37(17-5-1)38-28-33-54-50(34-38)55(49-25-13-15-27-53(49)58-54)47-24-12-10-22-43(47)46-35-41(30-32-48(46)55)56(39-18-6-2-7-19-39)42-29-31-45-44-23-11-14-26-51(44)57(52(45)36-42)40-20-8-3-9-21-40/h1-36H. The van der Waals surface area contributed by atoms with Crippen molar-refractivity contribution in [3.8, 4) is 39.4 Å². The first-order chi connectivity index (χ1) is 28.8. The van der Waals surface area contributed by atoms with Crippen LogP contribution in [0.25, 0.3) is 49.7 Å². The number of fused-ring (bicyclic) bond motifs is 12. The van der Waals surface area contributed by atoms with Crippen LogP contribution in [0.1, 0.15) is 22.3 Å². The first-order valence-electron chi connectivity index (χ1n) is 19.9. The van der Waals surface area contributed by atoms with E-state index in [1.54, 1.807) is 0 Å². The van der Waals surface area contributed by atoms with E-state index in [2.05, 4.69) is 228 Å². The van der Waals surface area contributed by atoms with Gasteiger partial charge in [-0.1, -0.05) is 146 Å². The molecule has 2 aliphatic rings. The van der Waals surface area contributed by atoms with Crippen LogP contribution in [0.4, 0.5) is 17.1 Å². The Bertz CT molecular complexity index is 3200. The fourth-order valence-electron chi connectivity index (χ4n) is 9.82. The molecule has 1 aliphatic heterocycles. The summed E-state index contributed by atoms with van der Waals surface area (Å²) in [6, 6.07) is 79.1. The van der Waals surface area contributed by atoms with Gasteiger partial charge in [-0.2, -0.15) is 0 Å². The second-order valence-electron chi connectivity index (χ2n) is 15.3. The number of aromatic nitrogens is 1. The number of hydrogen-bond donors (Lipinski definition) is 0. The third-order valence-corrected chi connectivity index (χ3v) is 12.2. The predicted molar refractivity (Wildman–Crippen MR) is 238 cm³/mol. The van der Waals surface area contributed by atoms with Gasteiger partial charge in [0.1, 0.15) is 11.5 Å². The molecule has 9 aromatic carbocycles. The smallest absolute Gasteiger partial charge is 0.132 e. The van der Waals surface area contributed by atoms with Crippen LogP contribution < -0.4 is 9.64 Å². The van der Waals surface area contributed by atoms with Crippen LogP contribution in [-0.2, 0) is 5.41 Å². The van der Waals surface area contributed by atoms with Crippen LogP contribution in [0.2, 0.25) is 0 Å². The van der Waals surface area contributed by atoms with Crippen molar-refractivity contribution in [2.24, 2.45) is 0 Å². The molecule has 58 heavy (non-hydrogen) atoms. The van der Waals surface area contributed by atoms with E-state index in [0.29, 0.717) is 0 Å². The zero-order valence-electron chi connectivity index (χ0n) is 31.6. The molecule has 0 bridgehead atoms. The van der Waals surface area contributed by atoms with E-state index in [0.717, 1.165) is 45.4 Å². The van der Waals surface area contributed by atoms with Crippen LogP contribution in [0.5, 0.6) is 11.5 Å². The fourth-order valence-corrected chi connectivity index (χ4v) is 9.82. The Balaban J connectivity index is 1.10. The average Bonchev–Trinajstić information content (AvgIpc) is 3.78. The number of nitrogens with zero attached hydrogens (tertiary/aromatic N) is 2. The molecule has 0 amide bonds. The molecule has 1 aromatic heterocycles. The van der Waals surface area contributed by atoms with Gasteiger partial charge in [0.15, 0.2) is 0 Å². The van der Waals surface area contributed by atoms with Crippen molar-refractivity contribution in [3.63, 3.8) is 0 Å². The molecule has 272 valence electrons. The van der Waals surface area contributed by atoms with Gasteiger partial charge in [0, 0.05) is 44.6 Å². The Kier molecular flexibility index (Phi) is 7.14. The third-order valence-electron chi connectivity index (χ3n) is 12.2. The maximum atomic E-state index is 6.75. The second kappa shape index (κ2) is 12.7. The molecule has 0 saturated heterocycles. The molecule has 0 N–H and O–H groups in total. The lowest BCUT2D eigenvalue weighted by Crippen LogP contribution is -2.32. The zero-order chi connectivity index (χ0) is 38.2. The summed E-state index contributed by atoms with van der Waals surface area (Å²) >= 11 is 0. The number of rotatable bonds is 5. The van der Waals surface area contributed by atoms with Gasteiger partial charge in [0.05, 0.1) is 16.4 Å². The van der Waals surface area contributed by atoms with Crippen molar-refractivity contribution in [2.75, 3.05) is 4.90 Å². The number of para-hydroxylation sites is 4. The van der Waals surface area contributed by atoms with Crippen molar-refractivity contribution >= 4 is 38.9 Å². The summed E-state index contributed by atoms with van der Waals surface area (Å²) in [6.07, 6.45) is 0.